The van der Waals surface area contributed by atoms with Crippen LogP contribution in [0.1, 0.15) is 24.8 Å². The third-order valence-corrected chi connectivity index (χ3v) is 5.26. The predicted octanol–water partition coefficient (Wildman–Crippen LogP) is 2.05. The first-order valence-electron chi connectivity index (χ1n) is 6.93. The molecule has 20 heavy (non-hydrogen) atoms. The van der Waals surface area contributed by atoms with Crippen molar-refractivity contribution in [3.63, 3.8) is 0 Å². The average Bonchev–Trinajstić information content (AvgIpc) is 3.12. The van der Waals surface area contributed by atoms with Gasteiger partial charge in [-0.15, -0.1) is 0 Å². The molecule has 6 heteroatoms. The third-order valence-electron chi connectivity index (χ3n) is 4.53. The highest BCUT2D eigenvalue weighted by Crippen LogP contribution is 2.48. The number of carboxylic acids is 1. The molecule has 2 fully saturated rings. The molecule has 2 aliphatic rings. The minimum atomic E-state index is -0.777. The molecule has 5 nitrogen and oxygen atoms in total. The minimum Gasteiger partial charge on any atom is -0.481 e. The Morgan fingerprint density at radius 3 is 2.85 bits per heavy atom. The number of carbonyl (C=O) groups excluding carboxylic acids is 1. The fourth-order valence-corrected chi connectivity index (χ4v) is 4.30. The Kier molecular flexibility index (Phi) is 3.65. The first-order valence-corrected chi connectivity index (χ1v) is 7.87. The van der Waals surface area contributed by atoms with Gasteiger partial charge in [-0.05, 0) is 53.5 Å². The number of urea groups is 1. The van der Waals surface area contributed by atoms with E-state index < -0.39 is 11.9 Å². The molecule has 0 spiro atoms. The Morgan fingerprint density at radius 2 is 2.15 bits per heavy atom. The van der Waals surface area contributed by atoms with Crippen LogP contribution in [0.2, 0.25) is 0 Å². The summed E-state index contributed by atoms with van der Waals surface area (Å²) in [7, 11) is 0. The lowest BCUT2D eigenvalue weighted by Gasteiger charge is -2.28. The summed E-state index contributed by atoms with van der Waals surface area (Å²) in [4.78, 5) is 23.3. The number of amides is 2. The highest BCUT2D eigenvalue weighted by molar-refractivity contribution is 7.07. The van der Waals surface area contributed by atoms with Crippen LogP contribution in [-0.2, 0) is 11.3 Å². The molecule has 4 unspecified atom stereocenters. The highest BCUT2D eigenvalue weighted by Gasteiger charge is 2.51. The third kappa shape index (κ3) is 2.52. The molecule has 1 aromatic rings. The van der Waals surface area contributed by atoms with E-state index in [2.05, 4.69) is 10.6 Å². The molecule has 2 bridgehead atoms. The van der Waals surface area contributed by atoms with Crippen molar-refractivity contribution in [2.75, 3.05) is 0 Å². The van der Waals surface area contributed by atoms with Gasteiger partial charge in [0.2, 0.25) is 0 Å². The zero-order chi connectivity index (χ0) is 14.1. The molecule has 0 saturated heterocycles. The number of rotatable bonds is 4. The van der Waals surface area contributed by atoms with Gasteiger partial charge in [0.1, 0.15) is 0 Å². The Balaban J connectivity index is 1.56. The lowest BCUT2D eigenvalue weighted by Crippen LogP contribution is -2.50. The van der Waals surface area contributed by atoms with E-state index in [1.807, 2.05) is 16.8 Å². The summed E-state index contributed by atoms with van der Waals surface area (Å²) in [6.07, 6.45) is 2.95. The Hall–Kier alpha value is -1.56. The standard InChI is InChI=1S/C14H18N2O3S/c17-13(18)11-9-1-2-10(5-9)12(11)16-14(19)15-6-8-3-4-20-7-8/h3-4,7,9-12H,1-2,5-6H2,(H,17,18)(H2,15,16,19). The molecular formula is C14H18N2O3S. The maximum atomic E-state index is 11.9. The van der Waals surface area contributed by atoms with E-state index in [1.165, 1.54) is 0 Å². The number of aliphatic carboxylic acids is 1. The molecule has 2 saturated carbocycles. The predicted molar refractivity (Wildman–Crippen MR) is 75.4 cm³/mol. The smallest absolute Gasteiger partial charge is 0.315 e. The van der Waals surface area contributed by atoms with E-state index in [9.17, 15) is 14.7 Å². The van der Waals surface area contributed by atoms with E-state index in [0.717, 1.165) is 24.8 Å². The minimum absolute atomic E-state index is 0.214. The molecule has 0 radical (unpaired) electrons. The summed E-state index contributed by atoms with van der Waals surface area (Å²) < 4.78 is 0. The quantitative estimate of drug-likeness (QED) is 0.795. The molecule has 1 aromatic heterocycles. The van der Waals surface area contributed by atoms with Crippen LogP contribution >= 0.6 is 11.3 Å². The van der Waals surface area contributed by atoms with Crippen LogP contribution in [0.25, 0.3) is 0 Å². The number of fused-ring (bicyclic) bond motifs is 2. The molecule has 108 valence electrons. The summed E-state index contributed by atoms with van der Waals surface area (Å²) in [5, 5.41) is 18.9. The first-order chi connectivity index (χ1) is 9.65. The second-order valence-electron chi connectivity index (χ2n) is 5.68. The maximum Gasteiger partial charge on any atom is 0.315 e. The molecule has 3 N–H and O–H groups in total. The fourth-order valence-electron chi connectivity index (χ4n) is 3.63. The number of carboxylic acid groups (broad SMARTS) is 1. The molecule has 0 aliphatic heterocycles. The van der Waals surface area contributed by atoms with Gasteiger partial charge < -0.3 is 15.7 Å². The number of thiophene rings is 1. The Labute approximate surface area is 121 Å². The van der Waals surface area contributed by atoms with Gasteiger partial charge in [-0.1, -0.05) is 0 Å². The summed E-state index contributed by atoms with van der Waals surface area (Å²) in [6, 6.07) is 1.48. The number of carbonyl (C=O) groups is 2. The van der Waals surface area contributed by atoms with Crippen molar-refractivity contribution in [1.82, 2.24) is 10.6 Å². The van der Waals surface area contributed by atoms with Gasteiger partial charge >= 0.3 is 12.0 Å². The van der Waals surface area contributed by atoms with Gasteiger partial charge in [0.15, 0.2) is 0 Å². The topological polar surface area (TPSA) is 78.4 Å². The van der Waals surface area contributed by atoms with Crippen LogP contribution in [0, 0.1) is 17.8 Å². The molecule has 3 rings (SSSR count). The van der Waals surface area contributed by atoms with E-state index in [1.54, 1.807) is 11.3 Å². The zero-order valence-corrected chi connectivity index (χ0v) is 11.9. The van der Waals surface area contributed by atoms with E-state index >= 15 is 0 Å². The van der Waals surface area contributed by atoms with E-state index in [-0.39, 0.29) is 18.0 Å². The van der Waals surface area contributed by atoms with E-state index in [4.69, 9.17) is 0 Å². The van der Waals surface area contributed by atoms with Crippen LogP contribution in [0.4, 0.5) is 4.79 Å². The molecular weight excluding hydrogens is 276 g/mol. The number of hydrogen-bond acceptors (Lipinski definition) is 3. The van der Waals surface area contributed by atoms with Crippen LogP contribution < -0.4 is 10.6 Å². The van der Waals surface area contributed by atoms with Crippen molar-refractivity contribution in [3.8, 4) is 0 Å². The van der Waals surface area contributed by atoms with Crippen molar-refractivity contribution in [2.24, 2.45) is 17.8 Å². The monoisotopic (exact) mass is 294 g/mol. The molecule has 1 heterocycles. The highest BCUT2D eigenvalue weighted by atomic mass is 32.1. The van der Waals surface area contributed by atoms with Gasteiger partial charge in [0.05, 0.1) is 5.92 Å². The number of hydrogen-bond donors (Lipinski definition) is 3. The van der Waals surface area contributed by atoms with Gasteiger partial charge in [-0.2, -0.15) is 11.3 Å². The average molecular weight is 294 g/mol. The van der Waals surface area contributed by atoms with Crippen molar-refractivity contribution in [2.45, 2.75) is 31.8 Å². The lowest BCUT2D eigenvalue weighted by atomic mass is 9.84. The van der Waals surface area contributed by atoms with Crippen molar-refractivity contribution < 1.29 is 14.7 Å². The second-order valence-corrected chi connectivity index (χ2v) is 6.46. The molecule has 4 atom stereocenters. The zero-order valence-electron chi connectivity index (χ0n) is 11.0. The Bertz CT molecular complexity index is 503. The van der Waals surface area contributed by atoms with Crippen molar-refractivity contribution in [1.29, 1.82) is 0 Å². The largest absolute Gasteiger partial charge is 0.481 e. The summed E-state index contributed by atoms with van der Waals surface area (Å²) in [5.74, 6) is -0.631. The van der Waals surface area contributed by atoms with Crippen LogP contribution in [-0.4, -0.2) is 23.1 Å². The summed E-state index contributed by atoms with van der Waals surface area (Å²) in [5.41, 5.74) is 1.06. The van der Waals surface area contributed by atoms with Crippen LogP contribution in [0.3, 0.4) is 0 Å². The molecule has 2 amide bonds. The molecule has 0 aromatic carbocycles. The van der Waals surface area contributed by atoms with Gasteiger partial charge in [-0.3, -0.25) is 4.79 Å². The van der Waals surface area contributed by atoms with Crippen LogP contribution in [0.15, 0.2) is 16.8 Å². The molecule has 2 aliphatic carbocycles. The fraction of sp³-hybridized carbons (Fsp3) is 0.571. The lowest BCUT2D eigenvalue weighted by molar-refractivity contribution is -0.144. The van der Waals surface area contributed by atoms with Gasteiger partial charge in [0, 0.05) is 12.6 Å². The number of nitrogens with one attached hydrogen (secondary N) is 2. The van der Waals surface area contributed by atoms with Gasteiger partial charge in [0.25, 0.3) is 0 Å². The summed E-state index contributed by atoms with van der Waals surface area (Å²) >= 11 is 1.59. The Morgan fingerprint density at radius 1 is 1.35 bits per heavy atom. The van der Waals surface area contributed by atoms with Crippen molar-refractivity contribution >= 4 is 23.3 Å². The van der Waals surface area contributed by atoms with Crippen LogP contribution in [0.5, 0.6) is 0 Å². The first kappa shape index (κ1) is 13.4. The summed E-state index contributed by atoms with van der Waals surface area (Å²) in [6.45, 7) is 0.480. The van der Waals surface area contributed by atoms with Gasteiger partial charge in [-0.25, -0.2) is 4.79 Å². The SMILES string of the molecule is O=C(NCc1ccsc1)NC1C2CCC(C2)C1C(=O)O. The van der Waals surface area contributed by atoms with E-state index in [0.29, 0.717) is 12.5 Å². The van der Waals surface area contributed by atoms with Crippen molar-refractivity contribution in [3.05, 3.63) is 22.4 Å². The normalized spacial score (nSPS) is 31.2. The second kappa shape index (κ2) is 5.44. The maximum absolute atomic E-state index is 11.9.